The number of carbonyl (C=O) groups is 2. The van der Waals surface area contributed by atoms with Crippen molar-refractivity contribution < 1.29 is 14.3 Å². The molecule has 2 heterocycles. The van der Waals surface area contributed by atoms with Crippen molar-refractivity contribution in [1.82, 2.24) is 15.3 Å². The number of ether oxygens (including phenoxy) is 1. The summed E-state index contributed by atoms with van der Waals surface area (Å²) >= 11 is 1.53. The molecule has 2 aromatic heterocycles. The maximum absolute atomic E-state index is 12.5. The summed E-state index contributed by atoms with van der Waals surface area (Å²) in [6, 6.07) is 8.46. The van der Waals surface area contributed by atoms with E-state index >= 15 is 0 Å². The third kappa shape index (κ3) is 4.92. The van der Waals surface area contributed by atoms with E-state index in [-0.39, 0.29) is 11.8 Å². The van der Waals surface area contributed by atoms with Crippen LogP contribution in [0.15, 0.2) is 47.4 Å². The van der Waals surface area contributed by atoms with Gasteiger partial charge in [-0.3, -0.25) is 9.59 Å². The first-order valence-electron chi connectivity index (χ1n) is 8.64. The first-order chi connectivity index (χ1) is 13.6. The largest absolute Gasteiger partial charge is 0.481 e. The lowest BCUT2D eigenvalue weighted by Crippen LogP contribution is -2.26. The molecule has 0 aliphatic rings. The number of benzene rings is 1. The predicted octanol–water partition coefficient (Wildman–Crippen LogP) is 3.08. The number of rotatable bonds is 7. The highest BCUT2D eigenvalue weighted by atomic mass is 32.1. The quantitative estimate of drug-likeness (QED) is 0.640. The number of amides is 2. The van der Waals surface area contributed by atoms with Gasteiger partial charge in [-0.15, -0.1) is 11.3 Å². The molecule has 0 radical (unpaired) electrons. The van der Waals surface area contributed by atoms with Crippen molar-refractivity contribution in [1.29, 1.82) is 0 Å². The van der Waals surface area contributed by atoms with E-state index in [0.29, 0.717) is 35.7 Å². The van der Waals surface area contributed by atoms with Crippen LogP contribution in [-0.4, -0.2) is 35.4 Å². The fourth-order valence-corrected chi connectivity index (χ4v) is 3.09. The molecule has 3 aromatic rings. The maximum Gasteiger partial charge on any atom is 0.257 e. The minimum absolute atomic E-state index is 0.197. The van der Waals surface area contributed by atoms with E-state index in [1.165, 1.54) is 24.6 Å². The summed E-state index contributed by atoms with van der Waals surface area (Å²) < 4.78 is 4.99. The van der Waals surface area contributed by atoms with Gasteiger partial charge in [-0.2, -0.15) is 0 Å². The van der Waals surface area contributed by atoms with Gasteiger partial charge in [-0.1, -0.05) is 6.07 Å². The Hall–Kier alpha value is -3.26. The highest BCUT2D eigenvalue weighted by Crippen LogP contribution is 2.18. The fourth-order valence-electron chi connectivity index (χ4n) is 2.49. The normalized spacial score (nSPS) is 10.4. The van der Waals surface area contributed by atoms with Crippen molar-refractivity contribution in [2.45, 2.75) is 13.3 Å². The smallest absolute Gasteiger partial charge is 0.257 e. The Kier molecular flexibility index (Phi) is 6.33. The molecule has 28 heavy (non-hydrogen) atoms. The summed E-state index contributed by atoms with van der Waals surface area (Å²) in [5.41, 5.74) is 5.03. The summed E-state index contributed by atoms with van der Waals surface area (Å²) in [5.74, 6) is -0.0692. The molecule has 144 valence electrons. The van der Waals surface area contributed by atoms with Crippen molar-refractivity contribution in [3.8, 4) is 5.88 Å². The average molecular weight is 396 g/mol. The number of pyridine rings is 1. The summed E-state index contributed by atoms with van der Waals surface area (Å²) in [6.07, 6.45) is 2.12. The van der Waals surface area contributed by atoms with Crippen molar-refractivity contribution in [3.63, 3.8) is 0 Å². The standard InChI is InChI=1S/C20H20N4O3S/c1-13-3-4-14(19(25)21-8-7-16-11-28-12-23-16)9-17(13)24-20(26)15-5-6-18(27-2)22-10-15/h3-6,9-12H,7-8H2,1-2H3,(H,21,25)(H,24,26). The summed E-state index contributed by atoms with van der Waals surface area (Å²) in [7, 11) is 1.51. The lowest BCUT2D eigenvalue weighted by Gasteiger charge is -2.11. The second-order valence-electron chi connectivity index (χ2n) is 6.06. The SMILES string of the molecule is COc1ccc(C(=O)Nc2cc(C(=O)NCCc3cscn3)ccc2C)cn1. The molecule has 0 bridgehead atoms. The Labute approximate surface area is 166 Å². The fraction of sp³-hybridized carbons (Fsp3) is 0.200. The minimum Gasteiger partial charge on any atom is -0.481 e. The Morgan fingerprint density at radius 3 is 2.61 bits per heavy atom. The highest BCUT2D eigenvalue weighted by molar-refractivity contribution is 7.07. The van der Waals surface area contributed by atoms with Crippen molar-refractivity contribution in [2.75, 3.05) is 19.0 Å². The van der Waals surface area contributed by atoms with Crippen LogP contribution in [0.1, 0.15) is 32.0 Å². The van der Waals surface area contributed by atoms with Gasteiger partial charge in [0.15, 0.2) is 0 Å². The zero-order chi connectivity index (χ0) is 19.9. The lowest BCUT2D eigenvalue weighted by molar-refractivity contribution is 0.0952. The third-order valence-corrected chi connectivity index (χ3v) is 4.74. The van der Waals surface area contributed by atoms with Crippen LogP contribution >= 0.6 is 11.3 Å². The molecular weight excluding hydrogens is 376 g/mol. The molecule has 0 unspecified atom stereocenters. The molecule has 0 aliphatic heterocycles. The molecule has 0 saturated carbocycles. The Morgan fingerprint density at radius 2 is 1.93 bits per heavy atom. The van der Waals surface area contributed by atoms with Crippen LogP contribution < -0.4 is 15.4 Å². The van der Waals surface area contributed by atoms with Gasteiger partial charge in [0.1, 0.15) is 0 Å². The maximum atomic E-state index is 12.5. The highest BCUT2D eigenvalue weighted by Gasteiger charge is 2.12. The molecule has 1 aromatic carbocycles. The number of hydrogen-bond acceptors (Lipinski definition) is 6. The second kappa shape index (κ2) is 9.09. The number of nitrogens with zero attached hydrogens (tertiary/aromatic N) is 2. The zero-order valence-corrected chi connectivity index (χ0v) is 16.4. The molecule has 2 N–H and O–H groups in total. The van der Waals surface area contributed by atoms with E-state index in [1.54, 1.807) is 35.8 Å². The van der Waals surface area contributed by atoms with Crippen LogP contribution in [0.3, 0.4) is 0 Å². The Balaban J connectivity index is 1.64. The van der Waals surface area contributed by atoms with E-state index in [9.17, 15) is 9.59 Å². The van der Waals surface area contributed by atoms with E-state index < -0.39 is 0 Å². The molecule has 0 spiro atoms. The van der Waals surface area contributed by atoms with Crippen LogP contribution in [0.4, 0.5) is 5.69 Å². The summed E-state index contributed by atoms with van der Waals surface area (Å²) in [6.45, 7) is 2.36. The molecule has 8 heteroatoms. The van der Waals surface area contributed by atoms with Crippen LogP contribution in [-0.2, 0) is 6.42 Å². The van der Waals surface area contributed by atoms with Gasteiger partial charge in [-0.05, 0) is 30.7 Å². The van der Waals surface area contributed by atoms with Crippen LogP contribution in [0.25, 0.3) is 0 Å². The van der Waals surface area contributed by atoms with Crippen molar-refractivity contribution in [3.05, 3.63) is 69.8 Å². The van der Waals surface area contributed by atoms with Crippen molar-refractivity contribution in [2.24, 2.45) is 0 Å². The van der Waals surface area contributed by atoms with Crippen molar-refractivity contribution >= 4 is 28.8 Å². The van der Waals surface area contributed by atoms with Gasteiger partial charge >= 0.3 is 0 Å². The first-order valence-corrected chi connectivity index (χ1v) is 9.58. The van der Waals surface area contributed by atoms with Crippen LogP contribution in [0.2, 0.25) is 0 Å². The third-order valence-electron chi connectivity index (χ3n) is 4.11. The van der Waals surface area contributed by atoms with Gasteiger partial charge < -0.3 is 15.4 Å². The summed E-state index contributed by atoms with van der Waals surface area (Å²) in [5, 5.41) is 7.66. The lowest BCUT2D eigenvalue weighted by atomic mass is 10.1. The number of methoxy groups -OCH3 is 1. The first kappa shape index (κ1) is 19.5. The van der Waals surface area contributed by atoms with Gasteiger partial charge in [0.05, 0.1) is 23.9 Å². The minimum atomic E-state index is -0.306. The van der Waals surface area contributed by atoms with E-state index in [4.69, 9.17) is 4.74 Å². The molecular formula is C20H20N4O3S. The van der Waals surface area contributed by atoms with E-state index in [0.717, 1.165) is 11.3 Å². The predicted molar refractivity (Wildman–Crippen MR) is 108 cm³/mol. The second-order valence-corrected chi connectivity index (χ2v) is 6.78. The number of aryl methyl sites for hydroxylation is 1. The number of carbonyl (C=O) groups excluding carboxylic acids is 2. The Morgan fingerprint density at radius 1 is 1.11 bits per heavy atom. The molecule has 0 saturated heterocycles. The Bertz CT molecular complexity index is 956. The van der Waals surface area contributed by atoms with Crippen LogP contribution in [0.5, 0.6) is 5.88 Å². The number of anilines is 1. The topological polar surface area (TPSA) is 93.2 Å². The molecule has 7 nitrogen and oxygen atoms in total. The summed E-state index contributed by atoms with van der Waals surface area (Å²) in [4.78, 5) is 33.1. The van der Waals surface area contributed by atoms with E-state index in [2.05, 4.69) is 20.6 Å². The number of hydrogen-bond donors (Lipinski definition) is 2. The van der Waals surface area contributed by atoms with E-state index in [1.807, 2.05) is 12.3 Å². The molecule has 0 fully saturated rings. The van der Waals surface area contributed by atoms with Gasteiger partial charge in [0.25, 0.3) is 11.8 Å². The molecule has 3 rings (SSSR count). The number of aromatic nitrogens is 2. The molecule has 0 aliphatic carbocycles. The number of nitrogens with one attached hydrogen (secondary N) is 2. The monoisotopic (exact) mass is 396 g/mol. The van der Waals surface area contributed by atoms with Gasteiger partial charge in [-0.25, -0.2) is 9.97 Å². The molecule has 0 atom stereocenters. The molecule has 2 amide bonds. The van der Waals surface area contributed by atoms with Gasteiger partial charge in [0.2, 0.25) is 5.88 Å². The van der Waals surface area contributed by atoms with Gasteiger partial charge in [0, 0.05) is 41.9 Å². The van der Waals surface area contributed by atoms with Crippen LogP contribution in [0, 0.1) is 6.92 Å². The zero-order valence-electron chi connectivity index (χ0n) is 15.6. The average Bonchev–Trinajstić information content (AvgIpc) is 3.23. The number of thiazole rings is 1.